The zero-order valence-corrected chi connectivity index (χ0v) is 24.6. The highest BCUT2D eigenvalue weighted by Crippen LogP contribution is 2.33. The summed E-state index contributed by atoms with van der Waals surface area (Å²) in [6.45, 7) is 7.41. The Morgan fingerprint density at radius 3 is 2.15 bits per heavy atom. The number of carboxylic acids is 1. The molecule has 0 aliphatic heterocycles. The fourth-order valence-electron chi connectivity index (χ4n) is 4.99. The van der Waals surface area contributed by atoms with E-state index in [1.807, 2.05) is 48.5 Å². The van der Waals surface area contributed by atoms with Crippen molar-refractivity contribution in [3.63, 3.8) is 0 Å². The van der Waals surface area contributed by atoms with Crippen LogP contribution >= 0.6 is 0 Å². The highest BCUT2D eigenvalue weighted by atomic mass is 16.5. The first-order valence-electron chi connectivity index (χ1n) is 15.2. The van der Waals surface area contributed by atoms with E-state index in [9.17, 15) is 14.7 Å². The van der Waals surface area contributed by atoms with Gasteiger partial charge in [-0.3, -0.25) is 4.79 Å². The van der Waals surface area contributed by atoms with E-state index in [0.717, 1.165) is 60.5 Å². The molecule has 1 atom stereocenters. The average Bonchev–Trinajstić information content (AvgIpc) is 2.98. The summed E-state index contributed by atoms with van der Waals surface area (Å²) in [6, 6.07) is 20.8. The second-order valence-corrected chi connectivity index (χ2v) is 10.9. The minimum Gasteiger partial charge on any atom is -0.493 e. The Balaban J connectivity index is 1.72. The molecule has 4 nitrogen and oxygen atoms in total. The quantitative estimate of drug-likeness (QED) is 0.128. The predicted octanol–water partition coefficient (Wildman–Crippen LogP) is 10.2. The number of ketones is 1. The molecular formula is C36H46O4. The molecule has 1 N–H and O–H groups in total. The highest BCUT2D eigenvalue weighted by molar-refractivity contribution is 6.02. The van der Waals surface area contributed by atoms with Gasteiger partial charge in [-0.25, -0.2) is 4.79 Å². The number of para-hydroxylation sites is 1. The van der Waals surface area contributed by atoms with Gasteiger partial charge in [0.05, 0.1) is 12.2 Å². The zero-order valence-electron chi connectivity index (χ0n) is 24.6. The van der Waals surface area contributed by atoms with Gasteiger partial charge in [-0.15, -0.1) is 0 Å². The van der Waals surface area contributed by atoms with Crippen LogP contribution in [0.1, 0.15) is 112 Å². The summed E-state index contributed by atoms with van der Waals surface area (Å²) >= 11 is 0. The van der Waals surface area contributed by atoms with Crippen molar-refractivity contribution in [2.24, 2.45) is 5.92 Å². The van der Waals surface area contributed by atoms with Crippen molar-refractivity contribution < 1.29 is 19.4 Å². The first kappa shape index (κ1) is 31.1. The molecule has 4 heteroatoms. The van der Waals surface area contributed by atoms with Crippen LogP contribution in [0.4, 0.5) is 0 Å². The molecule has 0 bridgehead atoms. The number of aromatic carboxylic acids is 1. The standard InChI is InChI=1S/C36H46O4/c1-4-6-7-8-9-10-17-34(37)30-23-24-32(36(38)39)33(26-30)29-21-19-28(20-22-29)31-16-11-12-18-35(31)40-25-14-13-15-27(3)5-2/h11-12,16,18-24,26-27H,4-10,13-15,17,25H2,1-3H3,(H,38,39). The Morgan fingerprint density at radius 1 is 0.775 bits per heavy atom. The summed E-state index contributed by atoms with van der Waals surface area (Å²) in [5.74, 6) is 0.681. The van der Waals surface area contributed by atoms with Crippen molar-refractivity contribution in [3.8, 4) is 28.0 Å². The van der Waals surface area contributed by atoms with Gasteiger partial charge in [-0.2, -0.15) is 0 Å². The van der Waals surface area contributed by atoms with Gasteiger partial charge < -0.3 is 9.84 Å². The number of hydrogen-bond donors (Lipinski definition) is 1. The fraction of sp³-hybridized carbons (Fsp3) is 0.444. The first-order chi connectivity index (χ1) is 19.4. The van der Waals surface area contributed by atoms with E-state index >= 15 is 0 Å². The molecule has 1 unspecified atom stereocenters. The maximum Gasteiger partial charge on any atom is 0.336 e. The Labute approximate surface area is 240 Å². The Hall–Kier alpha value is -3.40. The summed E-state index contributed by atoms with van der Waals surface area (Å²) < 4.78 is 6.16. The van der Waals surface area contributed by atoms with Crippen LogP contribution in [0.15, 0.2) is 66.7 Å². The molecule has 0 saturated heterocycles. The van der Waals surface area contributed by atoms with Crippen molar-refractivity contribution in [2.75, 3.05) is 6.61 Å². The van der Waals surface area contributed by atoms with Gasteiger partial charge >= 0.3 is 5.97 Å². The molecule has 0 aliphatic rings. The smallest absolute Gasteiger partial charge is 0.336 e. The third-order valence-corrected chi connectivity index (χ3v) is 7.77. The molecule has 214 valence electrons. The van der Waals surface area contributed by atoms with Gasteiger partial charge in [0.1, 0.15) is 5.75 Å². The van der Waals surface area contributed by atoms with Crippen molar-refractivity contribution in [1.82, 2.24) is 0 Å². The number of benzene rings is 3. The van der Waals surface area contributed by atoms with E-state index in [0.29, 0.717) is 24.2 Å². The average molecular weight is 543 g/mol. The number of rotatable bonds is 18. The summed E-state index contributed by atoms with van der Waals surface area (Å²) in [5.41, 5.74) is 4.13. The van der Waals surface area contributed by atoms with E-state index in [2.05, 4.69) is 20.8 Å². The summed E-state index contributed by atoms with van der Waals surface area (Å²) in [6.07, 6.45) is 11.9. The molecule has 3 rings (SSSR count). The SMILES string of the molecule is CCCCCCCCC(=O)c1ccc(C(=O)O)c(-c2ccc(-c3ccccc3OCCCCC(C)CC)cc2)c1. The molecule has 0 spiro atoms. The van der Waals surface area contributed by atoms with Crippen molar-refractivity contribution in [2.45, 2.75) is 91.4 Å². The maximum atomic E-state index is 12.9. The fourth-order valence-corrected chi connectivity index (χ4v) is 4.99. The van der Waals surface area contributed by atoms with Crippen LogP contribution < -0.4 is 4.74 Å². The lowest BCUT2D eigenvalue weighted by Gasteiger charge is -2.14. The number of carboxylic acid groups (broad SMARTS) is 1. The molecule has 0 amide bonds. The third-order valence-electron chi connectivity index (χ3n) is 7.77. The second-order valence-electron chi connectivity index (χ2n) is 10.9. The molecule has 40 heavy (non-hydrogen) atoms. The summed E-state index contributed by atoms with van der Waals surface area (Å²) in [4.78, 5) is 24.9. The van der Waals surface area contributed by atoms with Crippen LogP contribution in [0.2, 0.25) is 0 Å². The lowest BCUT2D eigenvalue weighted by Crippen LogP contribution is -2.04. The molecule has 0 radical (unpaired) electrons. The number of ether oxygens (including phenoxy) is 1. The van der Waals surface area contributed by atoms with E-state index in [1.165, 1.54) is 32.1 Å². The molecule has 3 aromatic carbocycles. The van der Waals surface area contributed by atoms with Crippen LogP contribution in [0, 0.1) is 5.92 Å². The minimum absolute atomic E-state index is 0.0699. The Kier molecular flexibility index (Phi) is 13.0. The number of carbonyl (C=O) groups excluding carboxylic acids is 1. The molecule has 0 saturated carbocycles. The molecule has 0 fully saturated rings. The van der Waals surface area contributed by atoms with Crippen molar-refractivity contribution in [3.05, 3.63) is 77.9 Å². The van der Waals surface area contributed by atoms with Gasteiger partial charge in [-0.1, -0.05) is 114 Å². The van der Waals surface area contributed by atoms with Crippen LogP contribution in [0.5, 0.6) is 5.75 Å². The maximum absolute atomic E-state index is 12.9. The van der Waals surface area contributed by atoms with Crippen LogP contribution in [-0.2, 0) is 0 Å². The first-order valence-corrected chi connectivity index (χ1v) is 15.2. The van der Waals surface area contributed by atoms with Crippen LogP contribution in [0.3, 0.4) is 0 Å². The minimum atomic E-state index is -0.999. The lowest BCUT2D eigenvalue weighted by atomic mass is 9.93. The Bertz CT molecular complexity index is 1210. The lowest BCUT2D eigenvalue weighted by molar-refractivity contribution is 0.0697. The van der Waals surface area contributed by atoms with E-state index in [-0.39, 0.29) is 11.3 Å². The van der Waals surface area contributed by atoms with E-state index in [1.54, 1.807) is 18.2 Å². The van der Waals surface area contributed by atoms with Gasteiger partial charge in [0.2, 0.25) is 0 Å². The number of Topliss-reactive ketones (excluding diaryl/α,β-unsaturated/α-hetero) is 1. The highest BCUT2D eigenvalue weighted by Gasteiger charge is 2.16. The normalized spacial score (nSPS) is 11.8. The molecule has 0 aliphatic carbocycles. The van der Waals surface area contributed by atoms with Crippen LogP contribution in [-0.4, -0.2) is 23.5 Å². The number of unbranched alkanes of at least 4 members (excludes halogenated alkanes) is 6. The second kappa shape index (κ2) is 16.6. The summed E-state index contributed by atoms with van der Waals surface area (Å²) in [7, 11) is 0. The van der Waals surface area contributed by atoms with Gasteiger partial charge in [0, 0.05) is 17.5 Å². The monoisotopic (exact) mass is 542 g/mol. The van der Waals surface area contributed by atoms with E-state index in [4.69, 9.17) is 4.74 Å². The van der Waals surface area contributed by atoms with Gasteiger partial charge in [0.25, 0.3) is 0 Å². The van der Waals surface area contributed by atoms with Gasteiger partial charge in [-0.05, 0) is 60.1 Å². The molecule has 0 aromatic heterocycles. The van der Waals surface area contributed by atoms with Crippen molar-refractivity contribution in [1.29, 1.82) is 0 Å². The zero-order chi connectivity index (χ0) is 28.7. The topological polar surface area (TPSA) is 63.6 Å². The van der Waals surface area contributed by atoms with Crippen molar-refractivity contribution >= 4 is 11.8 Å². The van der Waals surface area contributed by atoms with Crippen LogP contribution in [0.25, 0.3) is 22.3 Å². The molecular weight excluding hydrogens is 496 g/mol. The van der Waals surface area contributed by atoms with Gasteiger partial charge in [0.15, 0.2) is 5.78 Å². The largest absolute Gasteiger partial charge is 0.493 e. The third kappa shape index (κ3) is 9.36. The van der Waals surface area contributed by atoms with E-state index < -0.39 is 5.97 Å². The predicted molar refractivity (Wildman–Crippen MR) is 165 cm³/mol. The molecule has 3 aromatic rings. The Morgan fingerprint density at radius 2 is 1.45 bits per heavy atom. The number of carbonyl (C=O) groups is 2. The molecule has 0 heterocycles. The summed E-state index contributed by atoms with van der Waals surface area (Å²) in [5, 5.41) is 9.83. The number of hydrogen-bond acceptors (Lipinski definition) is 3.